The van der Waals surface area contributed by atoms with Crippen LogP contribution in [0.15, 0.2) is 24.7 Å². The molecule has 0 amide bonds. The fraction of sp³-hybridized carbons (Fsp3) is 0.630. The molecular weight excluding hydrogens is 464 g/mol. The van der Waals surface area contributed by atoms with Gasteiger partial charge in [-0.3, -0.25) is 4.90 Å². The van der Waals surface area contributed by atoms with E-state index in [2.05, 4.69) is 27.4 Å². The predicted molar refractivity (Wildman–Crippen MR) is 134 cm³/mol. The van der Waals surface area contributed by atoms with Gasteiger partial charge in [-0.25, -0.2) is 28.5 Å². The first-order valence-electron chi connectivity index (χ1n) is 13.1. The lowest BCUT2D eigenvalue weighted by Gasteiger charge is -2.28. The fourth-order valence-electron chi connectivity index (χ4n) is 5.40. The van der Waals surface area contributed by atoms with Crippen molar-refractivity contribution >= 4 is 11.8 Å². The predicted octanol–water partition coefficient (Wildman–Crippen LogP) is 4.77. The molecule has 1 saturated heterocycles. The summed E-state index contributed by atoms with van der Waals surface area (Å²) < 4.78 is 35.3. The van der Waals surface area contributed by atoms with Crippen molar-refractivity contribution in [3.63, 3.8) is 0 Å². The number of unbranched alkanes of at least 4 members (excludes halogenated alkanes) is 2. The van der Waals surface area contributed by atoms with Crippen molar-refractivity contribution < 1.29 is 18.3 Å². The average Bonchev–Trinajstić information content (AvgIpc) is 3.39. The van der Waals surface area contributed by atoms with E-state index < -0.39 is 23.9 Å². The summed E-state index contributed by atoms with van der Waals surface area (Å²) in [5.41, 5.74) is 3.66. The van der Waals surface area contributed by atoms with Gasteiger partial charge in [-0.1, -0.05) is 19.4 Å². The fourth-order valence-corrected chi connectivity index (χ4v) is 5.40. The molecule has 0 aliphatic carbocycles. The van der Waals surface area contributed by atoms with Crippen LogP contribution in [-0.4, -0.2) is 58.5 Å². The molecule has 0 spiro atoms. The molecule has 2 atom stereocenters. The number of aryl methyl sites for hydroxylation is 3. The van der Waals surface area contributed by atoms with Crippen LogP contribution < -0.4 is 5.32 Å². The van der Waals surface area contributed by atoms with Crippen LogP contribution in [0.2, 0.25) is 0 Å². The lowest BCUT2D eigenvalue weighted by molar-refractivity contribution is -0.147. The van der Waals surface area contributed by atoms with E-state index in [-0.39, 0.29) is 13.0 Å². The van der Waals surface area contributed by atoms with E-state index in [0.717, 1.165) is 55.9 Å². The maximum Gasteiger partial charge on any atom is 0.327 e. The van der Waals surface area contributed by atoms with Gasteiger partial charge in [-0.15, -0.1) is 0 Å². The number of carbonyl (C=O) groups excluding carboxylic acids is 1. The van der Waals surface area contributed by atoms with E-state index in [1.54, 1.807) is 11.1 Å². The Morgan fingerprint density at radius 3 is 2.97 bits per heavy atom. The highest BCUT2D eigenvalue weighted by molar-refractivity contribution is 5.77. The quantitative estimate of drug-likeness (QED) is 0.351. The number of nitrogens with zero attached hydrogens (tertiary/aromatic N) is 4. The Hall–Kier alpha value is -2.68. The maximum atomic E-state index is 15.1. The zero-order chi connectivity index (χ0) is 25.5. The van der Waals surface area contributed by atoms with Crippen molar-refractivity contribution in [1.82, 2.24) is 19.9 Å². The molecule has 1 N–H and O–H groups in total. The number of ether oxygens (including phenoxy) is 1. The lowest BCUT2D eigenvalue weighted by atomic mass is 9.95. The molecule has 0 aromatic carbocycles. The number of nitrogens with one attached hydrogen (secondary N) is 1. The third-order valence-corrected chi connectivity index (χ3v) is 7.46. The molecule has 1 fully saturated rings. The number of halogens is 2. The number of likely N-dealkylation sites (tertiary alicyclic amines) is 1. The molecule has 1 unspecified atom stereocenters. The molecular formula is C27H37F2N5O2. The Kier molecular flexibility index (Phi) is 8.82. The van der Waals surface area contributed by atoms with Crippen molar-refractivity contribution in [1.29, 1.82) is 0 Å². The molecule has 4 rings (SSSR count). The van der Waals surface area contributed by atoms with Crippen molar-refractivity contribution in [3.05, 3.63) is 47.2 Å². The Labute approximate surface area is 212 Å². The minimum Gasteiger partial charge on any atom is -0.468 e. The van der Waals surface area contributed by atoms with Crippen LogP contribution in [-0.2, 0) is 28.8 Å². The molecule has 4 heterocycles. The molecule has 36 heavy (non-hydrogen) atoms. The standard InChI is InChI=1S/C27H37F2N5O2/c1-3-23-22(16-30-18-32-23)24(26(35)36-2)34-15-12-20(17-34)27(28,29)13-6-4-5-9-21-11-10-19-8-7-14-31-25(19)33-21/h10-11,16,18,20,24H,3-9,12-15,17H2,1-2H3,(H,31,33)/t20-,24?/m1/s1. The zero-order valence-electron chi connectivity index (χ0n) is 21.3. The first-order chi connectivity index (χ1) is 17.4. The number of carbonyl (C=O) groups is 1. The van der Waals surface area contributed by atoms with Crippen molar-refractivity contribution in [2.45, 2.75) is 76.7 Å². The Bertz CT molecular complexity index is 1030. The van der Waals surface area contributed by atoms with Gasteiger partial charge in [0, 0.05) is 48.6 Å². The number of methoxy groups -OCH3 is 1. The van der Waals surface area contributed by atoms with Crippen LogP contribution in [0.1, 0.15) is 74.0 Å². The topological polar surface area (TPSA) is 80.2 Å². The van der Waals surface area contributed by atoms with Crippen LogP contribution >= 0.6 is 0 Å². The SMILES string of the molecule is CCc1ncncc1C(C(=O)OC)N1CC[C@@H](C(F)(F)CCCCCc2ccc3c(n2)NCCC3)C1. The van der Waals surface area contributed by atoms with Gasteiger partial charge in [0.25, 0.3) is 5.92 Å². The lowest BCUT2D eigenvalue weighted by Crippen LogP contribution is -2.37. The van der Waals surface area contributed by atoms with Crippen LogP contribution in [0, 0.1) is 5.92 Å². The second kappa shape index (κ2) is 12.0. The molecule has 2 aromatic heterocycles. The van der Waals surface area contributed by atoms with Gasteiger partial charge in [0.2, 0.25) is 0 Å². The van der Waals surface area contributed by atoms with Gasteiger partial charge >= 0.3 is 5.97 Å². The minimum absolute atomic E-state index is 0.137. The molecule has 0 saturated carbocycles. The number of rotatable bonds is 11. The van der Waals surface area contributed by atoms with Gasteiger partial charge in [0.05, 0.1) is 7.11 Å². The first kappa shape index (κ1) is 26.4. The summed E-state index contributed by atoms with van der Waals surface area (Å²) in [6.07, 6.45) is 8.92. The minimum atomic E-state index is -2.77. The summed E-state index contributed by atoms with van der Waals surface area (Å²) in [7, 11) is 1.32. The van der Waals surface area contributed by atoms with Crippen LogP contribution in [0.5, 0.6) is 0 Å². The van der Waals surface area contributed by atoms with E-state index >= 15 is 8.78 Å². The first-order valence-corrected chi connectivity index (χ1v) is 13.1. The van der Waals surface area contributed by atoms with Crippen molar-refractivity contribution in [2.75, 3.05) is 32.1 Å². The van der Waals surface area contributed by atoms with E-state index in [1.165, 1.54) is 19.0 Å². The van der Waals surface area contributed by atoms with Crippen LogP contribution in [0.3, 0.4) is 0 Å². The van der Waals surface area contributed by atoms with Gasteiger partial charge in [0.1, 0.15) is 18.2 Å². The van der Waals surface area contributed by atoms with Crippen molar-refractivity contribution in [2.24, 2.45) is 5.92 Å². The summed E-state index contributed by atoms with van der Waals surface area (Å²) in [4.78, 5) is 27.5. The number of hydrogen-bond donors (Lipinski definition) is 1. The molecule has 7 nitrogen and oxygen atoms in total. The van der Waals surface area contributed by atoms with Crippen molar-refractivity contribution in [3.8, 4) is 0 Å². The number of anilines is 1. The highest BCUT2D eigenvalue weighted by Crippen LogP contribution is 2.39. The molecule has 2 aliphatic heterocycles. The number of alkyl halides is 2. The summed E-state index contributed by atoms with van der Waals surface area (Å²) in [6.45, 7) is 3.46. The smallest absolute Gasteiger partial charge is 0.327 e. The second-order valence-electron chi connectivity index (χ2n) is 9.85. The zero-order valence-corrected chi connectivity index (χ0v) is 21.3. The number of aromatic nitrogens is 3. The average molecular weight is 502 g/mol. The molecule has 2 aliphatic rings. The van der Waals surface area contributed by atoms with E-state index in [1.807, 2.05) is 6.92 Å². The Balaban J connectivity index is 1.28. The summed E-state index contributed by atoms with van der Waals surface area (Å²) >= 11 is 0. The Morgan fingerprint density at radius 2 is 2.17 bits per heavy atom. The third-order valence-electron chi connectivity index (χ3n) is 7.46. The number of esters is 1. The second-order valence-corrected chi connectivity index (χ2v) is 9.85. The summed E-state index contributed by atoms with van der Waals surface area (Å²) in [5, 5.41) is 3.34. The number of pyridine rings is 1. The Morgan fingerprint density at radius 1 is 1.31 bits per heavy atom. The van der Waals surface area contributed by atoms with Crippen LogP contribution in [0.4, 0.5) is 14.6 Å². The highest BCUT2D eigenvalue weighted by atomic mass is 19.3. The van der Waals surface area contributed by atoms with Gasteiger partial charge < -0.3 is 10.1 Å². The maximum absolute atomic E-state index is 15.1. The summed E-state index contributed by atoms with van der Waals surface area (Å²) in [6, 6.07) is 3.44. The molecule has 0 bridgehead atoms. The normalized spacial score (nSPS) is 18.9. The van der Waals surface area contributed by atoms with E-state index in [9.17, 15) is 4.79 Å². The van der Waals surface area contributed by atoms with Crippen LogP contribution in [0.25, 0.3) is 0 Å². The highest BCUT2D eigenvalue weighted by Gasteiger charge is 2.46. The third kappa shape index (κ3) is 6.17. The largest absolute Gasteiger partial charge is 0.468 e. The molecule has 0 radical (unpaired) electrons. The monoisotopic (exact) mass is 501 g/mol. The number of hydrogen-bond acceptors (Lipinski definition) is 7. The summed E-state index contributed by atoms with van der Waals surface area (Å²) in [5.74, 6) is -3.04. The van der Waals surface area contributed by atoms with Gasteiger partial charge in [-0.2, -0.15) is 0 Å². The molecule has 9 heteroatoms. The van der Waals surface area contributed by atoms with E-state index in [4.69, 9.17) is 9.72 Å². The number of fused-ring (bicyclic) bond motifs is 1. The van der Waals surface area contributed by atoms with Gasteiger partial charge in [0.15, 0.2) is 0 Å². The van der Waals surface area contributed by atoms with Gasteiger partial charge in [-0.05, 0) is 63.1 Å². The molecule has 2 aromatic rings. The molecule has 196 valence electrons. The van der Waals surface area contributed by atoms with E-state index in [0.29, 0.717) is 31.4 Å².